The van der Waals surface area contributed by atoms with E-state index in [9.17, 15) is 19.5 Å². The molecule has 1 aromatic rings. The lowest BCUT2D eigenvalue weighted by Gasteiger charge is -2.37. The monoisotopic (exact) mass is 288 g/mol. The molecule has 2 amide bonds. The molecule has 1 N–H and O–H groups in total. The summed E-state index contributed by atoms with van der Waals surface area (Å²) in [5.74, 6) is -1.53. The van der Waals surface area contributed by atoms with E-state index in [0.717, 1.165) is 16.0 Å². The third kappa shape index (κ3) is 2.21. The van der Waals surface area contributed by atoms with Crippen LogP contribution < -0.4 is 0 Å². The highest BCUT2D eigenvalue weighted by Crippen LogP contribution is 2.29. The molecular weight excluding hydrogens is 272 g/mol. The fourth-order valence-electron chi connectivity index (χ4n) is 3.10. The SMILES string of the molecule is CN1C(=O)CC(N2Cc3ccccc3C[C@H]2C(=O)O)C1=O. The second-order valence-corrected chi connectivity index (χ2v) is 5.51. The van der Waals surface area contributed by atoms with Crippen LogP contribution in [-0.2, 0) is 27.3 Å². The second kappa shape index (κ2) is 4.96. The summed E-state index contributed by atoms with van der Waals surface area (Å²) in [6.45, 7) is 0.380. The second-order valence-electron chi connectivity index (χ2n) is 5.51. The number of amides is 2. The molecule has 0 radical (unpaired) electrons. The number of aliphatic carboxylic acids is 1. The molecule has 1 unspecified atom stereocenters. The number of rotatable bonds is 2. The lowest BCUT2D eigenvalue weighted by Crippen LogP contribution is -2.52. The average molecular weight is 288 g/mol. The molecule has 2 aliphatic heterocycles. The highest BCUT2D eigenvalue weighted by atomic mass is 16.4. The number of carboxylic acids is 1. The number of carboxylic acid groups (broad SMARTS) is 1. The van der Waals surface area contributed by atoms with E-state index in [0.29, 0.717) is 13.0 Å². The zero-order valence-corrected chi connectivity index (χ0v) is 11.7. The van der Waals surface area contributed by atoms with E-state index in [1.54, 1.807) is 4.90 Å². The topological polar surface area (TPSA) is 77.9 Å². The van der Waals surface area contributed by atoms with Crippen LogP contribution in [0.1, 0.15) is 17.5 Å². The van der Waals surface area contributed by atoms with Gasteiger partial charge in [0.1, 0.15) is 6.04 Å². The number of carbonyl (C=O) groups excluding carboxylic acids is 2. The van der Waals surface area contributed by atoms with Crippen molar-refractivity contribution in [3.63, 3.8) is 0 Å². The van der Waals surface area contributed by atoms with E-state index in [2.05, 4.69) is 0 Å². The molecule has 1 aromatic carbocycles. The van der Waals surface area contributed by atoms with E-state index in [-0.39, 0.29) is 18.2 Å². The molecule has 2 heterocycles. The van der Waals surface area contributed by atoms with Gasteiger partial charge in [-0.15, -0.1) is 0 Å². The molecule has 3 rings (SSSR count). The normalized spacial score (nSPS) is 26.0. The predicted octanol–water partition coefficient (Wildman–Crippen LogP) is 0.255. The first-order valence-corrected chi connectivity index (χ1v) is 6.84. The molecule has 0 bridgehead atoms. The molecule has 0 aromatic heterocycles. The molecule has 1 fully saturated rings. The number of fused-ring (bicyclic) bond motifs is 1. The number of likely N-dealkylation sites (N-methyl/N-ethyl adjacent to an activating group) is 1. The summed E-state index contributed by atoms with van der Waals surface area (Å²) in [5.41, 5.74) is 2.01. The van der Waals surface area contributed by atoms with Crippen LogP contribution in [0.5, 0.6) is 0 Å². The minimum atomic E-state index is -0.959. The van der Waals surface area contributed by atoms with Gasteiger partial charge in [-0.2, -0.15) is 0 Å². The standard InChI is InChI=1S/C15H16N2O4/c1-16-13(18)7-11(14(16)19)17-8-10-5-3-2-4-9(10)6-12(17)15(20)21/h2-5,11-12H,6-8H2,1H3,(H,20,21)/t11?,12-/m0/s1. The Morgan fingerprint density at radius 2 is 1.86 bits per heavy atom. The van der Waals surface area contributed by atoms with Gasteiger partial charge >= 0.3 is 5.97 Å². The Labute approximate surface area is 122 Å². The van der Waals surface area contributed by atoms with E-state index in [1.165, 1.54) is 7.05 Å². The number of hydrogen-bond donors (Lipinski definition) is 1. The summed E-state index contributed by atoms with van der Waals surface area (Å²) in [5, 5.41) is 9.46. The number of likely N-dealkylation sites (tertiary alicyclic amines) is 1. The molecule has 0 aliphatic carbocycles. The van der Waals surface area contributed by atoms with Crippen LogP contribution in [0.4, 0.5) is 0 Å². The van der Waals surface area contributed by atoms with Crippen LogP contribution in [0.3, 0.4) is 0 Å². The van der Waals surface area contributed by atoms with E-state index >= 15 is 0 Å². The number of carbonyl (C=O) groups is 3. The Morgan fingerprint density at radius 3 is 2.43 bits per heavy atom. The molecule has 6 nitrogen and oxygen atoms in total. The Hall–Kier alpha value is -2.21. The van der Waals surface area contributed by atoms with Gasteiger partial charge < -0.3 is 5.11 Å². The molecular formula is C15H16N2O4. The summed E-state index contributed by atoms with van der Waals surface area (Å²) in [7, 11) is 1.44. The van der Waals surface area contributed by atoms with Crippen molar-refractivity contribution in [2.45, 2.75) is 31.5 Å². The van der Waals surface area contributed by atoms with Crippen molar-refractivity contribution in [3.05, 3.63) is 35.4 Å². The number of nitrogens with zero attached hydrogens (tertiary/aromatic N) is 2. The minimum absolute atomic E-state index is 0.0568. The Balaban J connectivity index is 1.95. The van der Waals surface area contributed by atoms with E-state index in [4.69, 9.17) is 0 Å². The first-order valence-electron chi connectivity index (χ1n) is 6.84. The van der Waals surface area contributed by atoms with Crippen molar-refractivity contribution >= 4 is 17.8 Å². The molecule has 2 atom stereocenters. The van der Waals surface area contributed by atoms with Crippen molar-refractivity contribution in [2.75, 3.05) is 7.05 Å². The van der Waals surface area contributed by atoms with Crippen LogP contribution in [0.25, 0.3) is 0 Å². The largest absolute Gasteiger partial charge is 0.480 e. The van der Waals surface area contributed by atoms with Gasteiger partial charge in [-0.1, -0.05) is 24.3 Å². The zero-order chi connectivity index (χ0) is 15.1. The Kier molecular flexibility index (Phi) is 3.25. The average Bonchev–Trinajstić information content (AvgIpc) is 2.73. The van der Waals surface area contributed by atoms with Gasteiger partial charge in [0.05, 0.1) is 12.5 Å². The Morgan fingerprint density at radius 1 is 1.19 bits per heavy atom. The number of imide groups is 1. The number of benzene rings is 1. The predicted molar refractivity (Wildman–Crippen MR) is 73.3 cm³/mol. The summed E-state index contributed by atoms with van der Waals surface area (Å²) < 4.78 is 0. The lowest BCUT2D eigenvalue weighted by atomic mass is 9.92. The van der Waals surface area contributed by atoms with Gasteiger partial charge in [-0.3, -0.25) is 24.2 Å². The van der Waals surface area contributed by atoms with Gasteiger partial charge in [-0.25, -0.2) is 0 Å². The number of hydrogen-bond acceptors (Lipinski definition) is 4. The molecule has 0 spiro atoms. The minimum Gasteiger partial charge on any atom is -0.480 e. The molecule has 2 aliphatic rings. The third-order valence-corrected chi connectivity index (χ3v) is 4.33. The van der Waals surface area contributed by atoms with Gasteiger partial charge in [-0.05, 0) is 17.5 Å². The van der Waals surface area contributed by atoms with Crippen LogP contribution >= 0.6 is 0 Å². The molecule has 6 heteroatoms. The van der Waals surface area contributed by atoms with Crippen molar-refractivity contribution in [1.82, 2.24) is 9.80 Å². The summed E-state index contributed by atoms with van der Waals surface area (Å²) in [6.07, 6.45) is 0.411. The fourth-order valence-corrected chi connectivity index (χ4v) is 3.10. The summed E-state index contributed by atoms with van der Waals surface area (Å²) >= 11 is 0. The molecule has 110 valence electrons. The fraction of sp³-hybridized carbons (Fsp3) is 0.400. The molecule has 21 heavy (non-hydrogen) atoms. The quantitative estimate of drug-likeness (QED) is 0.790. The third-order valence-electron chi connectivity index (χ3n) is 4.33. The first-order chi connectivity index (χ1) is 9.99. The van der Waals surface area contributed by atoms with E-state index in [1.807, 2.05) is 24.3 Å². The van der Waals surface area contributed by atoms with Crippen molar-refractivity contribution in [3.8, 4) is 0 Å². The van der Waals surface area contributed by atoms with Crippen molar-refractivity contribution in [2.24, 2.45) is 0 Å². The van der Waals surface area contributed by atoms with Crippen molar-refractivity contribution < 1.29 is 19.5 Å². The van der Waals surface area contributed by atoms with Crippen molar-refractivity contribution in [1.29, 1.82) is 0 Å². The lowest BCUT2D eigenvalue weighted by molar-refractivity contribution is -0.146. The van der Waals surface area contributed by atoms with Gasteiger partial charge in [0.2, 0.25) is 11.8 Å². The highest BCUT2D eigenvalue weighted by Gasteiger charge is 2.45. The van der Waals surface area contributed by atoms with Crippen LogP contribution in [0, 0.1) is 0 Å². The van der Waals surface area contributed by atoms with Crippen LogP contribution in [0.2, 0.25) is 0 Å². The Bertz CT molecular complexity index is 628. The van der Waals surface area contributed by atoms with Gasteiger partial charge in [0.15, 0.2) is 0 Å². The maximum atomic E-state index is 12.2. The smallest absolute Gasteiger partial charge is 0.321 e. The van der Waals surface area contributed by atoms with Gasteiger partial charge in [0.25, 0.3) is 0 Å². The highest BCUT2D eigenvalue weighted by molar-refractivity contribution is 6.05. The maximum absolute atomic E-state index is 12.2. The summed E-state index contributed by atoms with van der Waals surface area (Å²) in [4.78, 5) is 38.1. The zero-order valence-electron chi connectivity index (χ0n) is 11.7. The summed E-state index contributed by atoms with van der Waals surface area (Å²) in [6, 6.07) is 6.18. The molecule has 1 saturated heterocycles. The maximum Gasteiger partial charge on any atom is 0.321 e. The van der Waals surface area contributed by atoms with Gasteiger partial charge in [0, 0.05) is 13.6 Å². The van der Waals surface area contributed by atoms with Crippen LogP contribution in [-0.4, -0.2) is 51.8 Å². The first kappa shape index (κ1) is 13.8. The van der Waals surface area contributed by atoms with E-state index < -0.39 is 18.1 Å². The molecule has 0 saturated carbocycles. The van der Waals surface area contributed by atoms with Crippen LogP contribution in [0.15, 0.2) is 24.3 Å².